The van der Waals surface area contributed by atoms with Gasteiger partial charge in [-0.15, -0.1) is 0 Å². The Labute approximate surface area is 117 Å². The van der Waals surface area contributed by atoms with E-state index < -0.39 is 0 Å². The van der Waals surface area contributed by atoms with E-state index in [1.807, 2.05) is 6.07 Å². The van der Waals surface area contributed by atoms with Crippen molar-refractivity contribution in [2.75, 3.05) is 13.1 Å². The fourth-order valence-electron chi connectivity index (χ4n) is 2.24. The molecule has 0 unspecified atom stereocenters. The molecule has 17 heavy (non-hydrogen) atoms. The summed E-state index contributed by atoms with van der Waals surface area (Å²) in [7, 11) is 0. The van der Waals surface area contributed by atoms with Crippen LogP contribution < -0.4 is 0 Å². The maximum absolute atomic E-state index is 4.74. The van der Waals surface area contributed by atoms with E-state index in [4.69, 9.17) is 4.99 Å². The van der Waals surface area contributed by atoms with Crippen molar-refractivity contribution in [1.82, 2.24) is 4.90 Å². The van der Waals surface area contributed by atoms with E-state index in [2.05, 4.69) is 54.7 Å². The van der Waals surface area contributed by atoms with E-state index in [-0.39, 0.29) is 0 Å². The first kappa shape index (κ1) is 11.4. The average molecular weight is 357 g/mol. The number of amidine groups is 2. The van der Waals surface area contributed by atoms with E-state index in [0.29, 0.717) is 0 Å². The van der Waals surface area contributed by atoms with Gasteiger partial charge in [-0.1, -0.05) is 22.9 Å². The Morgan fingerprint density at radius 3 is 2.94 bits per heavy atom. The number of rotatable bonds is 1. The Hall–Kier alpha value is -0.680. The molecule has 0 aliphatic carbocycles. The maximum Gasteiger partial charge on any atom is 0.138 e. The standard InChI is InChI=1S/C12H11Br2N3/c1-2-10-16-11-8(5-7(13)6-9(11)14)12-15-3-4-17(10)12/h5-6H,2-4H2,1H3. The Morgan fingerprint density at radius 1 is 1.35 bits per heavy atom. The lowest BCUT2D eigenvalue weighted by molar-refractivity contribution is 0.646. The third-order valence-corrected chi connectivity index (χ3v) is 4.04. The minimum atomic E-state index is 0.859. The first-order chi connectivity index (χ1) is 8.20. The predicted octanol–water partition coefficient (Wildman–Crippen LogP) is 3.73. The lowest BCUT2D eigenvalue weighted by atomic mass is 10.1. The van der Waals surface area contributed by atoms with Crippen molar-refractivity contribution < 1.29 is 0 Å². The van der Waals surface area contributed by atoms with Crippen LogP contribution in [-0.4, -0.2) is 29.7 Å². The van der Waals surface area contributed by atoms with E-state index in [0.717, 1.165) is 51.4 Å². The number of benzene rings is 1. The average Bonchev–Trinajstić information content (AvgIpc) is 2.77. The van der Waals surface area contributed by atoms with Crippen molar-refractivity contribution >= 4 is 49.2 Å². The van der Waals surface area contributed by atoms with E-state index in [9.17, 15) is 0 Å². The van der Waals surface area contributed by atoms with Gasteiger partial charge in [0.1, 0.15) is 11.7 Å². The molecule has 3 nitrogen and oxygen atoms in total. The van der Waals surface area contributed by atoms with Gasteiger partial charge in [0.25, 0.3) is 0 Å². The molecule has 0 N–H and O–H groups in total. The van der Waals surface area contributed by atoms with Gasteiger partial charge in [0.2, 0.25) is 0 Å². The van der Waals surface area contributed by atoms with Crippen molar-refractivity contribution in [1.29, 1.82) is 0 Å². The number of halogens is 2. The van der Waals surface area contributed by atoms with Gasteiger partial charge in [-0.25, -0.2) is 4.99 Å². The fraction of sp³-hybridized carbons (Fsp3) is 0.333. The molecule has 0 bridgehead atoms. The van der Waals surface area contributed by atoms with Crippen LogP contribution in [0.25, 0.3) is 0 Å². The highest BCUT2D eigenvalue weighted by Crippen LogP contribution is 2.38. The van der Waals surface area contributed by atoms with Crippen LogP contribution in [0.1, 0.15) is 18.9 Å². The number of nitrogens with zero attached hydrogens (tertiary/aromatic N) is 3. The smallest absolute Gasteiger partial charge is 0.138 e. The van der Waals surface area contributed by atoms with Crippen LogP contribution in [0.2, 0.25) is 0 Å². The van der Waals surface area contributed by atoms with Gasteiger partial charge >= 0.3 is 0 Å². The van der Waals surface area contributed by atoms with Gasteiger partial charge in [-0.2, -0.15) is 0 Å². The molecule has 0 saturated heterocycles. The lowest BCUT2D eigenvalue weighted by Gasteiger charge is -2.27. The molecule has 2 aliphatic heterocycles. The topological polar surface area (TPSA) is 28.0 Å². The summed E-state index contributed by atoms with van der Waals surface area (Å²) in [6.45, 7) is 3.94. The zero-order valence-corrected chi connectivity index (χ0v) is 12.5. The molecule has 5 heteroatoms. The quantitative estimate of drug-likeness (QED) is 0.753. The molecular formula is C12H11Br2N3. The SMILES string of the molecule is CCC1=Nc2c(Br)cc(Br)cc2C2=NCCN12. The second kappa shape index (κ2) is 4.21. The molecule has 0 aromatic heterocycles. The minimum absolute atomic E-state index is 0.859. The molecule has 0 fully saturated rings. The minimum Gasteiger partial charge on any atom is -0.312 e. The molecule has 0 radical (unpaired) electrons. The van der Waals surface area contributed by atoms with Crippen molar-refractivity contribution in [3.63, 3.8) is 0 Å². The van der Waals surface area contributed by atoms with Crippen LogP contribution in [0.3, 0.4) is 0 Å². The molecule has 2 heterocycles. The summed E-state index contributed by atoms with van der Waals surface area (Å²) in [4.78, 5) is 11.6. The normalized spacial score (nSPS) is 17.5. The van der Waals surface area contributed by atoms with Crippen molar-refractivity contribution in [3.05, 3.63) is 26.6 Å². The first-order valence-corrected chi connectivity index (χ1v) is 7.18. The van der Waals surface area contributed by atoms with Crippen molar-refractivity contribution in [2.24, 2.45) is 9.98 Å². The molecule has 0 amide bonds. The van der Waals surface area contributed by atoms with Gasteiger partial charge in [-0.3, -0.25) is 4.99 Å². The molecule has 88 valence electrons. The van der Waals surface area contributed by atoms with Gasteiger partial charge in [0.05, 0.1) is 12.2 Å². The number of fused-ring (bicyclic) bond motifs is 3. The molecule has 0 spiro atoms. The van der Waals surface area contributed by atoms with Gasteiger partial charge in [0.15, 0.2) is 0 Å². The van der Waals surface area contributed by atoms with Crippen LogP contribution in [0.5, 0.6) is 0 Å². The Morgan fingerprint density at radius 2 is 2.18 bits per heavy atom. The zero-order valence-electron chi connectivity index (χ0n) is 9.37. The summed E-state index contributed by atoms with van der Waals surface area (Å²) in [5.74, 6) is 2.17. The number of aliphatic imine (C=N–C) groups is 2. The Kier molecular flexibility index (Phi) is 2.83. The van der Waals surface area contributed by atoms with Gasteiger partial charge in [0, 0.05) is 27.5 Å². The molecule has 3 rings (SSSR count). The molecule has 1 aromatic rings. The molecule has 1 aromatic carbocycles. The number of hydrogen-bond donors (Lipinski definition) is 0. The monoisotopic (exact) mass is 355 g/mol. The molecule has 0 saturated carbocycles. The van der Waals surface area contributed by atoms with Crippen molar-refractivity contribution in [3.8, 4) is 0 Å². The summed E-state index contributed by atoms with van der Waals surface area (Å²) in [6, 6.07) is 4.12. The largest absolute Gasteiger partial charge is 0.312 e. The maximum atomic E-state index is 4.74. The summed E-state index contributed by atoms with van der Waals surface area (Å²) in [5.41, 5.74) is 2.11. The summed E-state index contributed by atoms with van der Waals surface area (Å²) < 4.78 is 2.06. The van der Waals surface area contributed by atoms with Crippen LogP contribution >= 0.6 is 31.9 Å². The predicted molar refractivity (Wildman–Crippen MR) is 77.3 cm³/mol. The Bertz CT molecular complexity index is 549. The third kappa shape index (κ3) is 1.76. The highest BCUT2D eigenvalue weighted by molar-refractivity contribution is 9.11. The molecular weight excluding hydrogens is 346 g/mol. The second-order valence-corrected chi connectivity index (χ2v) is 5.79. The fourth-order valence-corrected chi connectivity index (χ4v) is 3.55. The summed E-state index contributed by atoms with van der Waals surface area (Å²) in [6.07, 6.45) is 0.932. The molecule has 0 atom stereocenters. The van der Waals surface area contributed by atoms with E-state index in [1.54, 1.807) is 0 Å². The third-order valence-electron chi connectivity index (χ3n) is 2.98. The van der Waals surface area contributed by atoms with E-state index in [1.165, 1.54) is 0 Å². The van der Waals surface area contributed by atoms with E-state index >= 15 is 0 Å². The van der Waals surface area contributed by atoms with Crippen LogP contribution in [0.4, 0.5) is 5.69 Å². The zero-order chi connectivity index (χ0) is 12.0. The number of hydrogen-bond acceptors (Lipinski definition) is 3. The highest BCUT2D eigenvalue weighted by Gasteiger charge is 2.29. The first-order valence-electron chi connectivity index (χ1n) is 5.59. The van der Waals surface area contributed by atoms with Crippen LogP contribution in [-0.2, 0) is 0 Å². The summed E-state index contributed by atoms with van der Waals surface area (Å²) in [5, 5.41) is 0. The van der Waals surface area contributed by atoms with Crippen molar-refractivity contribution in [2.45, 2.75) is 13.3 Å². The van der Waals surface area contributed by atoms with Crippen LogP contribution in [0, 0.1) is 0 Å². The second-order valence-electron chi connectivity index (χ2n) is 4.02. The highest BCUT2D eigenvalue weighted by atomic mass is 79.9. The summed E-state index contributed by atoms with van der Waals surface area (Å²) >= 11 is 7.09. The van der Waals surface area contributed by atoms with Gasteiger partial charge in [-0.05, 0) is 28.1 Å². The Balaban J connectivity index is 2.26. The van der Waals surface area contributed by atoms with Crippen LogP contribution in [0.15, 0.2) is 31.1 Å². The lowest BCUT2D eigenvalue weighted by Crippen LogP contribution is -2.36. The van der Waals surface area contributed by atoms with Gasteiger partial charge < -0.3 is 4.90 Å². The molecule has 2 aliphatic rings.